The lowest BCUT2D eigenvalue weighted by atomic mass is 9.82. The van der Waals surface area contributed by atoms with Gasteiger partial charge in [0.15, 0.2) is 0 Å². The quantitative estimate of drug-likeness (QED) is 0.879. The molecule has 1 aliphatic heterocycles. The summed E-state index contributed by atoms with van der Waals surface area (Å²) in [5.41, 5.74) is 3.40. The van der Waals surface area contributed by atoms with Gasteiger partial charge in [0, 0.05) is 6.04 Å². The van der Waals surface area contributed by atoms with Crippen LogP contribution in [-0.2, 0) is 0 Å². The van der Waals surface area contributed by atoms with E-state index in [-0.39, 0.29) is 0 Å². The molecule has 1 aromatic rings. The number of piperidine rings is 1. The molecule has 0 aliphatic carbocycles. The molecule has 0 bridgehead atoms. The van der Waals surface area contributed by atoms with Crippen LogP contribution in [0.5, 0.6) is 0 Å². The Hall–Kier alpha value is -0.860. The first-order valence-electron chi connectivity index (χ1n) is 7.97. The van der Waals surface area contributed by atoms with Crippen LogP contribution in [0.1, 0.15) is 50.3 Å². The molecule has 0 saturated carbocycles. The van der Waals surface area contributed by atoms with Gasteiger partial charge in [-0.05, 0) is 69.4 Å². The fourth-order valence-corrected chi connectivity index (χ4v) is 3.13. The van der Waals surface area contributed by atoms with Crippen molar-refractivity contribution < 1.29 is 0 Å². The Morgan fingerprint density at radius 1 is 1.20 bits per heavy atom. The molecule has 1 N–H and O–H groups in total. The van der Waals surface area contributed by atoms with Crippen molar-refractivity contribution in [2.45, 2.75) is 46.1 Å². The van der Waals surface area contributed by atoms with E-state index in [1.165, 1.54) is 50.0 Å². The fourth-order valence-electron chi connectivity index (χ4n) is 3.13. The lowest BCUT2D eigenvalue weighted by Gasteiger charge is -2.37. The molecule has 1 saturated heterocycles. The van der Waals surface area contributed by atoms with E-state index in [1.807, 2.05) is 0 Å². The summed E-state index contributed by atoms with van der Waals surface area (Å²) in [5.74, 6) is 0. The normalized spacial score (nSPS) is 20.8. The van der Waals surface area contributed by atoms with Crippen molar-refractivity contribution >= 4 is 0 Å². The Morgan fingerprint density at radius 2 is 1.85 bits per heavy atom. The lowest BCUT2D eigenvalue weighted by Crippen LogP contribution is -2.38. The van der Waals surface area contributed by atoms with Crippen LogP contribution < -0.4 is 5.32 Å². The maximum atomic E-state index is 3.49. The van der Waals surface area contributed by atoms with Crippen LogP contribution in [0.2, 0.25) is 0 Å². The molecule has 1 atom stereocenters. The second-order valence-electron chi connectivity index (χ2n) is 6.99. The van der Waals surface area contributed by atoms with Gasteiger partial charge < -0.3 is 10.2 Å². The minimum absolute atomic E-state index is 0.478. The van der Waals surface area contributed by atoms with Gasteiger partial charge in [-0.25, -0.2) is 0 Å². The van der Waals surface area contributed by atoms with E-state index in [0.29, 0.717) is 11.5 Å². The molecule has 0 aromatic heterocycles. The van der Waals surface area contributed by atoms with Gasteiger partial charge in [-0.15, -0.1) is 0 Å². The largest absolute Gasteiger partial charge is 0.313 e. The summed E-state index contributed by atoms with van der Waals surface area (Å²) in [6.07, 6.45) is 3.87. The minimum atomic E-state index is 0.478. The van der Waals surface area contributed by atoms with Gasteiger partial charge in [-0.1, -0.05) is 38.1 Å². The monoisotopic (exact) mass is 274 g/mol. The average Bonchev–Trinajstić information content (AvgIpc) is 2.43. The van der Waals surface area contributed by atoms with Crippen LogP contribution in [0.15, 0.2) is 24.3 Å². The minimum Gasteiger partial charge on any atom is -0.313 e. The van der Waals surface area contributed by atoms with Crippen molar-refractivity contribution in [2.24, 2.45) is 5.41 Å². The molecule has 20 heavy (non-hydrogen) atoms. The lowest BCUT2D eigenvalue weighted by molar-refractivity contribution is 0.128. The Labute approximate surface area is 124 Å². The van der Waals surface area contributed by atoms with Crippen LogP contribution in [0.25, 0.3) is 0 Å². The Kier molecular flexibility index (Phi) is 5.22. The summed E-state index contributed by atoms with van der Waals surface area (Å²) in [4.78, 5) is 2.63. The van der Waals surface area contributed by atoms with Crippen LogP contribution in [0.4, 0.5) is 0 Å². The Bertz CT molecular complexity index is 415. The van der Waals surface area contributed by atoms with Gasteiger partial charge in [0.2, 0.25) is 0 Å². The number of benzene rings is 1. The maximum absolute atomic E-state index is 3.49. The molecule has 1 heterocycles. The summed E-state index contributed by atoms with van der Waals surface area (Å²) in [7, 11) is 2.08. The SMILES string of the molecule is CNC(CCN1CCC(C)(C)CC1)c1ccccc1C. The van der Waals surface area contributed by atoms with Gasteiger partial charge in [0.1, 0.15) is 0 Å². The van der Waals surface area contributed by atoms with E-state index in [2.05, 4.69) is 62.3 Å². The number of rotatable bonds is 5. The predicted octanol–water partition coefficient (Wildman–Crippen LogP) is 3.77. The first-order valence-corrected chi connectivity index (χ1v) is 7.97. The third-order valence-electron chi connectivity index (χ3n) is 4.86. The van der Waals surface area contributed by atoms with Gasteiger partial charge in [-0.2, -0.15) is 0 Å². The van der Waals surface area contributed by atoms with E-state index >= 15 is 0 Å². The molecule has 1 unspecified atom stereocenters. The van der Waals surface area contributed by atoms with E-state index in [1.54, 1.807) is 0 Å². The third kappa shape index (κ3) is 4.07. The molecular formula is C18H30N2. The molecule has 2 rings (SSSR count). The zero-order valence-corrected chi connectivity index (χ0v) is 13.6. The molecule has 2 heteroatoms. The van der Waals surface area contributed by atoms with Crippen molar-refractivity contribution in [2.75, 3.05) is 26.7 Å². The van der Waals surface area contributed by atoms with Gasteiger partial charge >= 0.3 is 0 Å². The molecule has 2 nitrogen and oxygen atoms in total. The predicted molar refractivity (Wildman–Crippen MR) is 87.1 cm³/mol. The number of aryl methyl sites for hydroxylation is 1. The highest BCUT2D eigenvalue weighted by Gasteiger charge is 2.25. The zero-order valence-electron chi connectivity index (χ0n) is 13.6. The van der Waals surface area contributed by atoms with Crippen LogP contribution in [-0.4, -0.2) is 31.6 Å². The van der Waals surface area contributed by atoms with E-state index in [4.69, 9.17) is 0 Å². The topological polar surface area (TPSA) is 15.3 Å². The highest BCUT2D eigenvalue weighted by Crippen LogP contribution is 2.30. The molecule has 1 aromatic carbocycles. The standard InChI is InChI=1S/C18H30N2/c1-15-7-5-6-8-16(15)17(19-4)9-12-20-13-10-18(2,3)11-14-20/h5-8,17,19H,9-14H2,1-4H3. The summed E-state index contributed by atoms with van der Waals surface area (Å²) < 4.78 is 0. The number of nitrogens with zero attached hydrogens (tertiary/aromatic N) is 1. The molecule has 0 spiro atoms. The number of nitrogens with one attached hydrogen (secondary N) is 1. The van der Waals surface area contributed by atoms with Crippen molar-refractivity contribution in [3.8, 4) is 0 Å². The summed E-state index contributed by atoms with van der Waals surface area (Å²) in [5, 5.41) is 3.49. The second-order valence-corrected chi connectivity index (χ2v) is 6.99. The van der Waals surface area contributed by atoms with Crippen LogP contribution in [0.3, 0.4) is 0 Å². The Balaban J connectivity index is 1.88. The first-order chi connectivity index (χ1) is 9.52. The van der Waals surface area contributed by atoms with Gasteiger partial charge in [0.05, 0.1) is 0 Å². The third-order valence-corrected chi connectivity index (χ3v) is 4.86. The van der Waals surface area contributed by atoms with Crippen LogP contribution >= 0.6 is 0 Å². The van der Waals surface area contributed by atoms with Crippen LogP contribution in [0, 0.1) is 12.3 Å². The van der Waals surface area contributed by atoms with E-state index in [9.17, 15) is 0 Å². The number of likely N-dealkylation sites (tertiary alicyclic amines) is 1. The molecule has 0 amide bonds. The highest BCUT2D eigenvalue weighted by atomic mass is 15.1. The average molecular weight is 274 g/mol. The van der Waals surface area contributed by atoms with Crippen molar-refractivity contribution in [1.29, 1.82) is 0 Å². The fraction of sp³-hybridized carbons (Fsp3) is 0.667. The summed E-state index contributed by atoms with van der Waals surface area (Å²) in [6, 6.07) is 9.22. The summed E-state index contributed by atoms with van der Waals surface area (Å²) in [6.45, 7) is 10.7. The molecule has 0 radical (unpaired) electrons. The van der Waals surface area contributed by atoms with Crippen molar-refractivity contribution in [1.82, 2.24) is 10.2 Å². The van der Waals surface area contributed by atoms with Crippen molar-refractivity contribution in [3.63, 3.8) is 0 Å². The van der Waals surface area contributed by atoms with Gasteiger partial charge in [-0.3, -0.25) is 0 Å². The summed E-state index contributed by atoms with van der Waals surface area (Å²) >= 11 is 0. The highest BCUT2D eigenvalue weighted by molar-refractivity contribution is 5.28. The maximum Gasteiger partial charge on any atom is 0.0332 e. The number of hydrogen-bond donors (Lipinski definition) is 1. The second kappa shape index (κ2) is 6.73. The van der Waals surface area contributed by atoms with Gasteiger partial charge in [0.25, 0.3) is 0 Å². The molecule has 1 fully saturated rings. The van der Waals surface area contributed by atoms with E-state index < -0.39 is 0 Å². The Morgan fingerprint density at radius 3 is 2.45 bits per heavy atom. The molecule has 1 aliphatic rings. The zero-order chi connectivity index (χ0) is 14.6. The van der Waals surface area contributed by atoms with E-state index in [0.717, 1.165) is 0 Å². The first kappa shape index (κ1) is 15.5. The number of hydrogen-bond acceptors (Lipinski definition) is 2. The van der Waals surface area contributed by atoms with Crippen molar-refractivity contribution in [3.05, 3.63) is 35.4 Å². The molecular weight excluding hydrogens is 244 g/mol. The smallest absolute Gasteiger partial charge is 0.0332 e. The molecule has 112 valence electrons.